The molecule has 0 bridgehead atoms. The molecule has 0 aliphatic rings. The van der Waals surface area contributed by atoms with Gasteiger partial charge in [0.05, 0.1) is 0 Å². The first-order valence-corrected chi connectivity index (χ1v) is 12.9. The van der Waals surface area contributed by atoms with Crippen LogP contribution in [0.4, 0.5) is 0 Å². The van der Waals surface area contributed by atoms with Crippen LogP contribution in [0.25, 0.3) is 0 Å². The summed E-state index contributed by atoms with van der Waals surface area (Å²) in [6.45, 7) is 6.04. The summed E-state index contributed by atoms with van der Waals surface area (Å²) in [6.07, 6.45) is 31.7. The Morgan fingerprint density at radius 2 is 0.857 bits per heavy atom. The van der Waals surface area contributed by atoms with Crippen molar-refractivity contribution in [3.63, 3.8) is 0 Å². The van der Waals surface area contributed by atoms with Gasteiger partial charge in [-0.2, -0.15) is 0 Å². The molecule has 0 saturated heterocycles. The summed E-state index contributed by atoms with van der Waals surface area (Å²) in [5.74, 6) is 0.501. The minimum Gasteiger partial charge on any atom is -0.300 e. The topological polar surface area (TPSA) is 17.1 Å². The quantitative estimate of drug-likeness (QED) is 0.118. The molecule has 0 N–H and O–H groups in total. The maximum absolute atomic E-state index is 11.9. The van der Waals surface area contributed by atoms with E-state index in [0.29, 0.717) is 5.78 Å². The molecule has 0 radical (unpaired) electrons. The van der Waals surface area contributed by atoms with E-state index in [4.69, 9.17) is 0 Å². The Kier molecular flexibility index (Phi) is 23.9. The van der Waals surface area contributed by atoms with Crippen molar-refractivity contribution >= 4 is 5.78 Å². The van der Waals surface area contributed by atoms with Crippen molar-refractivity contribution in [3.05, 3.63) is 12.7 Å². The molecule has 0 spiro atoms. The van der Waals surface area contributed by atoms with Crippen molar-refractivity contribution in [2.45, 2.75) is 155 Å². The van der Waals surface area contributed by atoms with Crippen LogP contribution in [-0.4, -0.2) is 5.78 Å². The van der Waals surface area contributed by atoms with E-state index in [-0.39, 0.29) is 0 Å². The lowest BCUT2D eigenvalue weighted by Gasteiger charge is -2.04. The second-order valence-corrected chi connectivity index (χ2v) is 8.83. The van der Waals surface area contributed by atoms with Crippen LogP contribution in [0.3, 0.4) is 0 Å². The summed E-state index contributed by atoms with van der Waals surface area (Å²) >= 11 is 0. The molecule has 0 saturated carbocycles. The van der Waals surface area contributed by atoms with Crippen molar-refractivity contribution in [2.24, 2.45) is 0 Å². The predicted molar refractivity (Wildman–Crippen MR) is 127 cm³/mol. The minimum absolute atomic E-state index is 0.501. The largest absolute Gasteiger partial charge is 0.300 e. The number of ketones is 1. The molecule has 0 amide bonds. The van der Waals surface area contributed by atoms with Crippen LogP contribution in [0.5, 0.6) is 0 Å². The number of unbranched alkanes of at least 4 members (excludes halogenated alkanes) is 19. The van der Waals surface area contributed by atoms with Crippen LogP contribution in [0.15, 0.2) is 12.7 Å². The van der Waals surface area contributed by atoms with E-state index in [1.165, 1.54) is 116 Å². The standard InChI is InChI=1S/C27H52O/c1-3-5-7-9-11-12-13-14-15-16-17-18-20-22-24-26-27(28)25-23-21-19-10-8-6-4-2/h4H,2-3,5-26H2,1H3. The van der Waals surface area contributed by atoms with Gasteiger partial charge in [-0.3, -0.25) is 4.79 Å². The Labute approximate surface area is 178 Å². The summed E-state index contributed by atoms with van der Waals surface area (Å²) < 4.78 is 0. The Morgan fingerprint density at radius 3 is 1.21 bits per heavy atom. The van der Waals surface area contributed by atoms with E-state index in [9.17, 15) is 4.79 Å². The molecule has 0 atom stereocenters. The van der Waals surface area contributed by atoms with E-state index in [1.807, 2.05) is 6.08 Å². The highest BCUT2D eigenvalue weighted by Crippen LogP contribution is 2.14. The minimum atomic E-state index is 0.501. The molecular weight excluding hydrogens is 340 g/mol. The highest BCUT2D eigenvalue weighted by molar-refractivity contribution is 5.78. The first kappa shape index (κ1) is 27.4. The van der Waals surface area contributed by atoms with Gasteiger partial charge in [-0.1, -0.05) is 122 Å². The van der Waals surface area contributed by atoms with Gasteiger partial charge in [-0.15, -0.1) is 6.58 Å². The Morgan fingerprint density at radius 1 is 0.536 bits per heavy atom. The summed E-state index contributed by atoms with van der Waals surface area (Å²) in [5.41, 5.74) is 0. The molecule has 0 unspecified atom stereocenters. The predicted octanol–water partition coefficient (Wildman–Crippen LogP) is 9.73. The second-order valence-electron chi connectivity index (χ2n) is 8.83. The van der Waals surface area contributed by atoms with Crippen LogP contribution in [0, 0.1) is 0 Å². The van der Waals surface area contributed by atoms with Gasteiger partial charge >= 0.3 is 0 Å². The summed E-state index contributed by atoms with van der Waals surface area (Å²) in [5, 5.41) is 0. The lowest BCUT2D eigenvalue weighted by atomic mass is 10.0. The zero-order valence-electron chi connectivity index (χ0n) is 19.5. The molecule has 0 aromatic rings. The van der Waals surface area contributed by atoms with Gasteiger partial charge in [0.1, 0.15) is 5.78 Å². The number of carbonyl (C=O) groups is 1. The maximum Gasteiger partial charge on any atom is 0.132 e. The highest BCUT2D eigenvalue weighted by Gasteiger charge is 2.02. The average Bonchev–Trinajstić information content (AvgIpc) is 2.70. The third-order valence-electron chi connectivity index (χ3n) is 5.92. The molecule has 28 heavy (non-hydrogen) atoms. The molecule has 0 aromatic heterocycles. The van der Waals surface area contributed by atoms with Gasteiger partial charge in [-0.25, -0.2) is 0 Å². The SMILES string of the molecule is C=CCCCCCCCC(=O)CCCCCCCCCCCCCCCCC. The van der Waals surface area contributed by atoms with Gasteiger partial charge in [-0.05, 0) is 25.7 Å². The van der Waals surface area contributed by atoms with Crippen molar-refractivity contribution in [1.82, 2.24) is 0 Å². The molecule has 0 heterocycles. The molecule has 0 aliphatic heterocycles. The fourth-order valence-electron chi connectivity index (χ4n) is 3.96. The van der Waals surface area contributed by atoms with Crippen molar-refractivity contribution in [2.75, 3.05) is 0 Å². The zero-order valence-corrected chi connectivity index (χ0v) is 19.5. The normalized spacial score (nSPS) is 11.0. The first-order chi connectivity index (χ1) is 13.8. The number of rotatable bonds is 24. The highest BCUT2D eigenvalue weighted by atomic mass is 16.1. The molecule has 1 heteroatoms. The van der Waals surface area contributed by atoms with Gasteiger partial charge in [0.25, 0.3) is 0 Å². The molecule has 0 rings (SSSR count). The fourth-order valence-corrected chi connectivity index (χ4v) is 3.96. The van der Waals surface area contributed by atoms with Crippen molar-refractivity contribution in [1.29, 1.82) is 0 Å². The van der Waals surface area contributed by atoms with Gasteiger partial charge in [0.15, 0.2) is 0 Å². The van der Waals surface area contributed by atoms with E-state index < -0.39 is 0 Å². The number of carbonyl (C=O) groups excluding carboxylic acids is 1. The smallest absolute Gasteiger partial charge is 0.132 e. The lowest BCUT2D eigenvalue weighted by Crippen LogP contribution is -1.97. The molecule has 166 valence electrons. The second kappa shape index (κ2) is 24.4. The monoisotopic (exact) mass is 392 g/mol. The lowest BCUT2D eigenvalue weighted by molar-refractivity contribution is -0.119. The van der Waals surface area contributed by atoms with Gasteiger partial charge < -0.3 is 0 Å². The third kappa shape index (κ3) is 23.4. The van der Waals surface area contributed by atoms with Gasteiger partial charge in [0.2, 0.25) is 0 Å². The van der Waals surface area contributed by atoms with Gasteiger partial charge in [0, 0.05) is 12.8 Å². The average molecular weight is 393 g/mol. The maximum atomic E-state index is 11.9. The summed E-state index contributed by atoms with van der Waals surface area (Å²) in [4.78, 5) is 11.9. The van der Waals surface area contributed by atoms with Crippen LogP contribution in [0.2, 0.25) is 0 Å². The Bertz CT molecular complexity index is 320. The van der Waals surface area contributed by atoms with Crippen molar-refractivity contribution in [3.8, 4) is 0 Å². The van der Waals surface area contributed by atoms with Crippen LogP contribution >= 0.6 is 0 Å². The summed E-state index contributed by atoms with van der Waals surface area (Å²) in [7, 11) is 0. The fraction of sp³-hybridized carbons (Fsp3) is 0.889. The van der Waals surface area contributed by atoms with E-state index in [2.05, 4.69) is 13.5 Å². The summed E-state index contributed by atoms with van der Waals surface area (Å²) in [6, 6.07) is 0. The zero-order chi connectivity index (χ0) is 20.5. The number of allylic oxidation sites excluding steroid dienone is 1. The van der Waals surface area contributed by atoms with Crippen LogP contribution in [0.1, 0.15) is 155 Å². The van der Waals surface area contributed by atoms with E-state index in [1.54, 1.807) is 0 Å². The Hall–Kier alpha value is -0.590. The molecule has 1 nitrogen and oxygen atoms in total. The number of Topliss-reactive ketones (excluding diaryl/α,β-unsaturated/α-hetero) is 1. The number of hydrogen-bond acceptors (Lipinski definition) is 1. The van der Waals surface area contributed by atoms with E-state index in [0.717, 1.165) is 32.1 Å². The Balaban J connectivity index is 3.12. The third-order valence-corrected chi connectivity index (χ3v) is 5.92. The van der Waals surface area contributed by atoms with Crippen LogP contribution < -0.4 is 0 Å². The number of hydrogen-bond donors (Lipinski definition) is 0. The molecule has 0 aliphatic carbocycles. The van der Waals surface area contributed by atoms with E-state index >= 15 is 0 Å². The van der Waals surface area contributed by atoms with Crippen LogP contribution in [-0.2, 0) is 4.79 Å². The van der Waals surface area contributed by atoms with Crippen molar-refractivity contribution < 1.29 is 4.79 Å². The molecular formula is C27H52O. The molecule has 0 aromatic carbocycles. The first-order valence-electron chi connectivity index (χ1n) is 12.9. The molecule has 0 fully saturated rings.